The van der Waals surface area contributed by atoms with Crippen LogP contribution in [0.3, 0.4) is 0 Å². The zero-order valence-corrected chi connectivity index (χ0v) is 19.7. The standard InChI is InChI=1S/C31H31NO/c1-30-10-12-31(2,13-11-30)29(33)23-18-26-24(17-25(23)30)28-22-9-8-20-5-3-4-19(14-20)6-7-21(15-22)16-27(28)32-26/h3-5,14-18,32H,6-13H2,1-2H3. The van der Waals surface area contributed by atoms with Gasteiger partial charge in [0.1, 0.15) is 0 Å². The summed E-state index contributed by atoms with van der Waals surface area (Å²) < 4.78 is 0. The maximum atomic E-state index is 13.6. The molecular weight excluding hydrogens is 402 g/mol. The van der Waals surface area contributed by atoms with Gasteiger partial charge in [0, 0.05) is 32.8 Å². The number of ketones is 1. The lowest BCUT2D eigenvalue weighted by molar-refractivity contribution is 0.0732. The first-order valence-corrected chi connectivity index (χ1v) is 12.7. The summed E-state index contributed by atoms with van der Waals surface area (Å²) in [7, 11) is 0. The number of hydrogen-bond acceptors (Lipinski definition) is 1. The molecule has 4 aromatic rings. The summed E-state index contributed by atoms with van der Waals surface area (Å²) in [6.07, 6.45) is 8.52. The Balaban J connectivity index is 1.46. The fourth-order valence-corrected chi connectivity index (χ4v) is 6.95. The van der Waals surface area contributed by atoms with Crippen LogP contribution in [0.25, 0.3) is 21.8 Å². The van der Waals surface area contributed by atoms with Crippen molar-refractivity contribution in [3.8, 4) is 0 Å². The van der Waals surface area contributed by atoms with Gasteiger partial charge in [-0.15, -0.1) is 0 Å². The molecule has 33 heavy (non-hydrogen) atoms. The lowest BCUT2D eigenvalue weighted by Gasteiger charge is -2.38. The third-order valence-electron chi connectivity index (χ3n) is 9.25. The molecule has 166 valence electrons. The zero-order chi connectivity index (χ0) is 22.4. The highest BCUT2D eigenvalue weighted by Gasteiger charge is 2.48. The Morgan fingerprint density at radius 1 is 0.727 bits per heavy atom. The minimum absolute atomic E-state index is 0.111. The maximum absolute atomic E-state index is 13.6. The van der Waals surface area contributed by atoms with Crippen LogP contribution in [0.1, 0.15) is 77.7 Å². The predicted octanol–water partition coefficient (Wildman–Crippen LogP) is 7.24. The average Bonchev–Trinajstić information content (AvgIpc) is 3.13. The molecule has 3 aromatic carbocycles. The van der Waals surface area contributed by atoms with Crippen molar-refractivity contribution < 1.29 is 4.79 Å². The van der Waals surface area contributed by atoms with E-state index in [0.717, 1.165) is 62.4 Å². The third kappa shape index (κ3) is 2.82. The van der Waals surface area contributed by atoms with Crippen molar-refractivity contribution >= 4 is 27.6 Å². The fourth-order valence-electron chi connectivity index (χ4n) is 6.95. The van der Waals surface area contributed by atoms with Crippen LogP contribution in [-0.2, 0) is 31.1 Å². The molecule has 2 heteroatoms. The molecule has 4 aliphatic carbocycles. The van der Waals surface area contributed by atoms with E-state index in [1.54, 1.807) is 0 Å². The number of aryl methyl sites for hydroxylation is 4. The smallest absolute Gasteiger partial charge is 0.169 e. The van der Waals surface area contributed by atoms with Gasteiger partial charge in [-0.25, -0.2) is 0 Å². The van der Waals surface area contributed by atoms with Gasteiger partial charge in [-0.1, -0.05) is 44.2 Å². The van der Waals surface area contributed by atoms with Crippen LogP contribution in [0.4, 0.5) is 0 Å². The van der Waals surface area contributed by atoms with Gasteiger partial charge in [-0.05, 0) is 103 Å². The van der Waals surface area contributed by atoms with Crippen molar-refractivity contribution in [1.29, 1.82) is 0 Å². The zero-order valence-electron chi connectivity index (χ0n) is 19.7. The highest BCUT2D eigenvalue weighted by Crippen LogP contribution is 2.54. The van der Waals surface area contributed by atoms with E-state index >= 15 is 0 Å². The number of carbonyl (C=O) groups excluding carboxylic acids is 1. The molecule has 1 aromatic heterocycles. The van der Waals surface area contributed by atoms with Crippen molar-refractivity contribution in [3.63, 3.8) is 0 Å². The monoisotopic (exact) mass is 433 g/mol. The lowest BCUT2D eigenvalue weighted by Crippen LogP contribution is -2.33. The van der Waals surface area contributed by atoms with Crippen molar-refractivity contribution in [2.75, 3.05) is 0 Å². The molecule has 1 fully saturated rings. The van der Waals surface area contributed by atoms with Gasteiger partial charge in [0.25, 0.3) is 0 Å². The molecule has 2 nitrogen and oxygen atoms in total. The molecule has 1 heterocycles. The molecular formula is C31H31NO. The van der Waals surface area contributed by atoms with Crippen LogP contribution >= 0.6 is 0 Å². The molecule has 0 aliphatic heterocycles. The summed E-state index contributed by atoms with van der Waals surface area (Å²) in [5, 5.41) is 2.68. The van der Waals surface area contributed by atoms with Gasteiger partial charge in [0.15, 0.2) is 5.78 Å². The first kappa shape index (κ1) is 19.6. The van der Waals surface area contributed by atoms with E-state index in [1.165, 1.54) is 44.1 Å². The van der Waals surface area contributed by atoms with Crippen molar-refractivity contribution in [2.45, 2.75) is 70.6 Å². The van der Waals surface area contributed by atoms with Crippen molar-refractivity contribution in [3.05, 3.63) is 81.9 Å². The molecule has 1 N–H and O–H groups in total. The summed E-state index contributed by atoms with van der Waals surface area (Å²) >= 11 is 0. The third-order valence-corrected chi connectivity index (χ3v) is 9.25. The first-order valence-electron chi connectivity index (χ1n) is 12.7. The van der Waals surface area contributed by atoms with E-state index in [1.807, 2.05) is 0 Å². The Labute approximate surface area is 195 Å². The van der Waals surface area contributed by atoms with Crippen LogP contribution in [0.15, 0.2) is 48.5 Å². The number of benzene rings is 3. The highest BCUT2D eigenvalue weighted by atomic mass is 16.1. The summed E-state index contributed by atoms with van der Waals surface area (Å²) in [6, 6.07) is 18.5. The number of carbonyl (C=O) groups is 1. The van der Waals surface area contributed by atoms with Crippen LogP contribution in [0.5, 0.6) is 0 Å². The molecule has 0 amide bonds. The number of fused-ring (bicyclic) bond motifs is 10. The second kappa shape index (κ2) is 6.59. The molecule has 0 spiro atoms. The number of aromatic nitrogens is 1. The highest BCUT2D eigenvalue weighted by molar-refractivity contribution is 6.13. The van der Waals surface area contributed by atoms with Gasteiger partial charge in [0.05, 0.1) is 0 Å². The Kier molecular flexibility index (Phi) is 3.91. The molecule has 0 radical (unpaired) electrons. The van der Waals surface area contributed by atoms with Gasteiger partial charge in [0.2, 0.25) is 0 Å². The summed E-state index contributed by atoms with van der Waals surface area (Å²) in [5.74, 6) is 0.366. The van der Waals surface area contributed by atoms with Crippen LogP contribution in [0.2, 0.25) is 0 Å². The van der Waals surface area contributed by atoms with Crippen LogP contribution in [0, 0.1) is 5.41 Å². The number of nitrogens with one attached hydrogen (secondary N) is 1. The Morgan fingerprint density at radius 3 is 2.21 bits per heavy atom. The van der Waals surface area contributed by atoms with Crippen molar-refractivity contribution in [1.82, 2.24) is 4.98 Å². The number of rotatable bonds is 0. The number of hydrogen-bond donors (Lipinski definition) is 1. The van der Waals surface area contributed by atoms with Gasteiger partial charge in [-0.3, -0.25) is 4.79 Å². The van der Waals surface area contributed by atoms with E-state index in [0.29, 0.717) is 5.78 Å². The predicted molar refractivity (Wildman–Crippen MR) is 135 cm³/mol. The topological polar surface area (TPSA) is 32.9 Å². The second-order valence-electron chi connectivity index (χ2n) is 11.5. The SMILES string of the molecule is CC12CCC(C)(CC1)c1cc3c(cc1C2=O)[nH]c1cc2cc(c13)CCc1cccc(c1)CC2. The van der Waals surface area contributed by atoms with Gasteiger partial charge in [-0.2, -0.15) is 0 Å². The molecule has 0 unspecified atom stereocenters. The number of Topliss-reactive ketones (excluding diaryl/α,β-unsaturated/α-hetero) is 1. The first-order chi connectivity index (χ1) is 15.9. The molecule has 4 aliphatic rings. The fraction of sp³-hybridized carbons (Fsp3) is 0.387. The number of aromatic amines is 1. The normalized spacial score (nSPS) is 26.4. The van der Waals surface area contributed by atoms with Crippen LogP contribution in [-0.4, -0.2) is 10.8 Å². The molecule has 6 bridgehead atoms. The van der Waals surface area contributed by atoms with E-state index < -0.39 is 0 Å². The largest absolute Gasteiger partial charge is 0.354 e. The van der Waals surface area contributed by atoms with E-state index in [9.17, 15) is 4.79 Å². The van der Waals surface area contributed by atoms with Crippen molar-refractivity contribution in [2.24, 2.45) is 5.41 Å². The van der Waals surface area contributed by atoms with Gasteiger partial charge < -0.3 is 4.98 Å². The molecule has 0 atom stereocenters. The molecule has 0 saturated heterocycles. The lowest BCUT2D eigenvalue weighted by atomic mass is 9.65. The van der Waals surface area contributed by atoms with E-state index in [2.05, 4.69) is 67.4 Å². The average molecular weight is 434 g/mol. The minimum Gasteiger partial charge on any atom is -0.354 e. The summed E-state index contributed by atoms with van der Waals surface area (Å²) in [6.45, 7) is 4.59. The molecule has 1 saturated carbocycles. The Morgan fingerprint density at radius 2 is 1.42 bits per heavy atom. The Hall–Kier alpha value is -2.87. The molecule has 8 rings (SSSR count). The second-order valence-corrected chi connectivity index (χ2v) is 11.5. The maximum Gasteiger partial charge on any atom is 0.169 e. The summed E-state index contributed by atoms with van der Waals surface area (Å²) in [5.41, 5.74) is 10.3. The van der Waals surface area contributed by atoms with Gasteiger partial charge >= 0.3 is 0 Å². The Bertz CT molecular complexity index is 1460. The van der Waals surface area contributed by atoms with Crippen LogP contribution < -0.4 is 0 Å². The van der Waals surface area contributed by atoms with E-state index in [-0.39, 0.29) is 10.8 Å². The quantitative estimate of drug-likeness (QED) is 0.311. The number of H-pyrrole nitrogens is 1. The summed E-state index contributed by atoms with van der Waals surface area (Å²) in [4.78, 5) is 17.4. The minimum atomic E-state index is -0.189. The van der Waals surface area contributed by atoms with E-state index in [4.69, 9.17) is 0 Å².